The highest BCUT2D eigenvalue weighted by atomic mass is 32.2. The third-order valence-electron chi connectivity index (χ3n) is 9.58. The van der Waals surface area contributed by atoms with Crippen LogP contribution in [0, 0.1) is 18.7 Å². The standard InChI is InChI=1S/C30H27F8N3O3S/c1-17-12-22(6-8-24(17)31)45(43,44)27-10-11-41(26(42)19-2-5-21-14-39-16-40(21)15-19)25(27)9-3-18-13-20(4-7-23(18)27)28(32,29(33,34)35)30(36,37)38/h4,6-8,12-14,16,19,25H,2-3,5,9-11,15H2,1H3/t19-,25?,27?/m1/s1. The summed E-state index contributed by atoms with van der Waals surface area (Å²) in [6, 6.07) is 3.62. The Morgan fingerprint density at radius 2 is 1.69 bits per heavy atom. The van der Waals surface area contributed by atoms with Gasteiger partial charge in [-0.2, -0.15) is 26.3 Å². The maximum Gasteiger partial charge on any atom is 0.435 e. The van der Waals surface area contributed by atoms with Crippen LogP contribution in [-0.4, -0.2) is 53.7 Å². The lowest BCUT2D eigenvalue weighted by Crippen LogP contribution is -2.54. The molecule has 242 valence electrons. The lowest BCUT2D eigenvalue weighted by atomic mass is 9.76. The summed E-state index contributed by atoms with van der Waals surface area (Å²) in [6.45, 7) is 1.59. The third kappa shape index (κ3) is 4.50. The van der Waals surface area contributed by atoms with Crippen molar-refractivity contribution in [1.82, 2.24) is 14.5 Å². The van der Waals surface area contributed by atoms with Crippen molar-refractivity contribution in [2.24, 2.45) is 5.92 Å². The lowest BCUT2D eigenvalue weighted by molar-refractivity contribution is -0.348. The van der Waals surface area contributed by atoms with Crippen molar-refractivity contribution in [1.29, 1.82) is 0 Å². The van der Waals surface area contributed by atoms with Crippen molar-refractivity contribution in [3.63, 3.8) is 0 Å². The maximum atomic E-state index is 15.0. The van der Waals surface area contributed by atoms with Gasteiger partial charge in [-0.3, -0.25) is 4.79 Å². The number of fused-ring (bicyclic) bond motifs is 4. The van der Waals surface area contributed by atoms with Gasteiger partial charge in [0.25, 0.3) is 0 Å². The Labute approximate surface area is 253 Å². The van der Waals surface area contributed by atoms with Gasteiger partial charge >= 0.3 is 18.0 Å². The summed E-state index contributed by atoms with van der Waals surface area (Å²) in [5.41, 5.74) is -6.78. The average Bonchev–Trinajstić information content (AvgIpc) is 3.61. The highest BCUT2D eigenvalue weighted by Gasteiger charge is 2.74. The van der Waals surface area contributed by atoms with Gasteiger partial charge in [-0.25, -0.2) is 22.2 Å². The normalized spacial score (nSPS) is 23.8. The van der Waals surface area contributed by atoms with Crippen LogP contribution in [0.25, 0.3) is 0 Å². The van der Waals surface area contributed by atoms with Crippen LogP contribution in [0.5, 0.6) is 0 Å². The summed E-state index contributed by atoms with van der Waals surface area (Å²) in [4.78, 5) is 19.2. The van der Waals surface area contributed by atoms with Gasteiger partial charge in [0, 0.05) is 30.5 Å². The number of alkyl halides is 7. The zero-order valence-electron chi connectivity index (χ0n) is 23.7. The van der Waals surface area contributed by atoms with Crippen molar-refractivity contribution in [3.05, 3.63) is 82.7 Å². The quantitative estimate of drug-likeness (QED) is 0.251. The zero-order valence-corrected chi connectivity index (χ0v) is 24.5. The summed E-state index contributed by atoms with van der Waals surface area (Å²) in [7, 11) is -4.57. The van der Waals surface area contributed by atoms with Crippen LogP contribution < -0.4 is 0 Å². The van der Waals surface area contributed by atoms with E-state index in [2.05, 4.69) is 4.98 Å². The van der Waals surface area contributed by atoms with E-state index in [0.717, 1.165) is 30.0 Å². The molecule has 1 amide bonds. The average molecular weight is 662 g/mol. The van der Waals surface area contributed by atoms with Gasteiger partial charge < -0.3 is 9.47 Å². The molecule has 15 heteroatoms. The van der Waals surface area contributed by atoms with E-state index < -0.39 is 55.9 Å². The van der Waals surface area contributed by atoms with E-state index in [9.17, 15) is 43.9 Å². The van der Waals surface area contributed by atoms with Crippen LogP contribution in [0.15, 0.2) is 53.8 Å². The van der Waals surface area contributed by atoms with Crippen molar-refractivity contribution in [2.45, 2.75) is 79.3 Å². The fourth-order valence-corrected chi connectivity index (χ4v) is 9.75. The number of nitrogens with zero attached hydrogens (tertiary/aromatic N) is 3. The smallest absolute Gasteiger partial charge is 0.337 e. The van der Waals surface area contributed by atoms with Gasteiger partial charge in [-0.15, -0.1) is 0 Å². The molecular weight excluding hydrogens is 634 g/mol. The number of rotatable bonds is 4. The molecule has 3 aromatic rings. The van der Waals surface area contributed by atoms with Crippen molar-refractivity contribution in [3.8, 4) is 0 Å². The molecule has 0 saturated carbocycles. The number of halogens is 8. The number of likely N-dealkylation sites (tertiary alicyclic amines) is 1. The largest absolute Gasteiger partial charge is 0.435 e. The van der Waals surface area contributed by atoms with E-state index in [0.29, 0.717) is 31.5 Å². The predicted octanol–water partition coefficient (Wildman–Crippen LogP) is 6.10. The molecule has 6 nitrogen and oxygen atoms in total. The Morgan fingerprint density at radius 3 is 2.36 bits per heavy atom. The predicted molar refractivity (Wildman–Crippen MR) is 144 cm³/mol. The second-order valence-electron chi connectivity index (χ2n) is 11.9. The van der Waals surface area contributed by atoms with E-state index in [4.69, 9.17) is 0 Å². The Kier molecular flexibility index (Phi) is 7.18. The molecule has 2 unspecified atom stereocenters. The molecule has 0 spiro atoms. The fraction of sp³-hybridized carbons (Fsp3) is 0.467. The van der Waals surface area contributed by atoms with Gasteiger partial charge in [0.2, 0.25) is 5.91 Å². The summed E-state index contributed by atoms with van der Waals surface area (Å²) in [5.74, 6) is -1.54. The highest BCUT2D eigenvalue weighted by Crippen LogP contribution is 2.57. The minimum Gasteiger partial charge on any atom is -0.337 e. The summed E-state index contributed by atoms with van der Waals surface area (Å²) < 4.78 is 140. The van der Waals surface area contributed by atoms with Gasteiger partial charge in [-0.1, -0.05) is 18.2 Å². The Hall–Kier alpha value is -3.49. The molecule has 0 radical (unpaired) electrons. The number of aromatic nitrogens is 2. The fourth-order valence-electron chi connectivity index (χ4n) is 7.30. The highest BCUT2D eigenvalue weighted by molar-refractivity contribution is 7.92. The SMILES string of the molecule is Cc1cc(S(=O)(=O)C23CCN(C(=O)[C@@H]4CCc5cncn5C4)C2CCc2cc(C(F)(C(F)(F)F)C(F)(F)F)ccc23)ccc1F. The number of imidazole rings is 1. The zero-order chi connectivity index (χ0) is 32.7. The van der Waals surface area contributed by atoms with E-state index in [1.807, 2.05) is 4.57 Å². The Bertz CT molecular complexity index is 1770. The number of benzene rings is 2. The number of hydrogen-bond acceptors (Lipinski definition) is 4. The molecular formula is C30H27F8N3O3S. The molecule has 3 aliphatic rings. The number of carbonyl (C=O) groups excluding carboxylic acids is 1. The maximum absolute atomic E-state index is 15.0. The molecule has 6 rings (SSSR count). The first-order chi connectivity index (χ1) is 20.9. The van der Waals surface area contributed by atoms with Crippen LogP contribution in [0.4, 0.5) is 35.1 Å². The second-order valence-corrected chi connectivity index (χ2v) is 14.1. The third-order valence-corrected chi connectivity index (χ3v) is 12.1. The lowest BCUT2D eigenvalue weighted by Gasteiger charge is -2.43. The molecule has 1 aliphatic carbocycles. The van der Waals surface area contributed by atoms with Crippen LogP contribution >= 0.6 is 0 Å². The van der Waals surface area contributed by atoms with Gasteiger partial charge in [-0.05, 0) is 73.9 Å². The van der Waals surface area contributed by atoms with Crippen LogP contribution in [-0.2, 0) is 44.4 Å². The topological polar surface area (TPSA) is 72.3 Å². The number of amides is 1. The first kappa shape index (κ1) is 31.5. The molecule has 1 fully saturated rings. The molecule has 1 aromatic heterocycles. The van der Waals surface area contributed by atoms with Crippen LogP contribution in [0.3, 0.4) is 0 Å². The van der Waals surface area contributed by atoms with Crippen molar-refractivity contribution in [2.75, 3.05) is 6.54 Å². The van der Waals surface area contributed by atoms with E-state index in [1.165, 1.54) is 11.8 Å². The number of aryl methyl sites for hydroxylation is 3. The minimum atomic E-state index is -6.35. The van der Waals surface area contributed by atoms with E-state index in [1.54, 1.807) is 12.5 Å². The van der Waals surface area contributed by atoms with E-state index >= 15 is 4.39 Å². The minimum absolute atomic E-state index is 0.00255. The summed E-state index contributed by atoms with van der Waals surface area (Å²) in [5, 5.41) is 0. The van der Waals surface area contributed by atoms with E-state index in [-0.39, 0.29) is 53.3 Å². The van der Waals surface area contributed by atoms with Crippen molar-refractivity contribution >= 4 is 15.7 Å². The van der Waals surface area contributed by atoms with Gasteiger partial charge in [0.15, 0.2) is 9.84 Å². The van der Waals surface area contributed by atoms with Crippen molar-refractivity contribution < 1.29 is 48.3 Å². The molecule has 0 N–H and O–H groups in total. The summed E-state index contributed by atoms with van der Waals surface area (Å²) in [6.07, 6.45) is -8.95. The number of sulfone groups is 1. The molecule has 0 bridgehead atoms. The van der Waals surface area contributed by atoms with Gasteiger partial charge in [0.05, 0.1) is 23.2 Å². The summed E-state index contributed by atoms with van der Waals surface area (Å²) >= 11 is 0. The molecule has 1 saturated heterocycles. The van der Waals surface area contributed by atoms with Crippen LogP contribution in [0.1, 0.15) is 47.2 Å². The Balaban J connectivity index is 1.49. The first-order valence-corrected chi connectivity index (χ1v) is 15.7. The first-order valence-electron chi connectivity index (χ1n) is 14.2. The molecule has 3 heterocycles. The Morgan fingerprint density at radius 1 is 0.978 bits per heavy atom. The molecule has 2 aliphatic heterocycles. The number of hydrogen-bond donors (Lipinski definition) is 0. The monoisotopic (exact) mass is 661 g/mol. The molecule has 45 heavy (non-hydrogen) atoms. The number of carbonyl (C=O) groups is 1. The van der Waals surface area contributed by atoms with Gasteiger partial charge in [0.1, 0.15) is 10.6 Å². The second kappa shape index (κ2) is 10.3. The van der Waals surface area contributed by atoms with Crippen LogP contribution in [0.2, 0.25) is 0 Å². The molecule has 3 atom stereocenters. The molecule has 2 aromatic carbocycles.